The summed E-state index contributed by atoms with van der Waals surface area (Å²) in [5.74, 6) is -0.448. The third kappa shape index (κ3) is 5.76. The van der Waals surface area contributed by atoms with E-state index in [1.165, 1.54) is 12.4 Å². The Balaban J connectivity index is 1.34. The summed E-state index contributed by atoms with van der Waals surface area (Å²) in [6.45, 7) is 6.87. The van der Waals surface area contributed by atoms with Crippen LogP contribution in [0.15, 0.2) is 49.1 Å². The van der Waals surface area contributed by atoms with Crippen LogP contribution in [0.1, 0.15) is 53.1 Å². The van der Waals surface area contributed by atoms with Crippen molar-refractivity contribution in [1.82, 2.24) is 30.0 Å². The van der Waals surface area contributed by atoms with Crippen molar-refractivity contribution in [3.63, 3.8) is 0 Å². The van der Waals surface area contributed by atoms with Crippen molar-refractivity contribution >= 4 is 23.3 Å². The van der Waals surface area contributed by atoms with E-state index in [1.54, 1.807) is 17.1 Å². The van der Waals surface area contributed by atoms with E-state index in [9.17, 15) is 9.59 Å². The van der Waals surface area contributed by atoms with Gasteiger partial charge in [-0.1, -0.05) is 12.1 Å². The van der Waals surface area contributed by atoms with Gasteiger partial charge in [-0.3, -0.25) is 14.3 Å². The molecule has 3 aromatic rings. The molecule has 2 amide bonds. The first-order valence-corrected chi connectivity index (χ1v) is 11.4. The Morgan fingerprint density at radius 1 is 1.15 bits per heavy atom. The van der Waals surface area contributed by atoms with Crippen LogP contribution in [0.4, 0.5) is 11.5 Å². The average molecular weight is 463 g/mol. The van der Waals surface area contributed by atoms with Gasteiger partial charge in [-0.2, -0.15) is 5.10 Å². The number of nitrogens with zero attached hydrogens (tertiary/aromatic N) is 5. The molecule has 1 aliphatic heterocycles. The number of hydrogen-bond acceptors (Lipinski definition) is 7. The lowest BCUT2D eigenvalue weighted by molar-refractivity contribution is 0.0900. The van der Waals surface area contributed by atoms with Crippen molar-refractivity contribution in [2.24, 2.45) is 0 Å². The molecule has 34 heavy (non-hydrogen) atoms. The summed E-state index contributed by atoms with van der Waals surface area (Å²) in [6, 6.07) is 8.24. The van der Waals surface area contributed by atoms with Gasteiger partial charge in [0.25, 0.3) is 11.8 Å². The van der Waals surface area contributed by atoms with Gasteiger partial charge in [0.2, 0.25) is 0 Å². The molecule has 1 aliphatic rings. The second kappa shape index (κ2) is 10.4. The number of aromatic nitrogens is 4. The fraction of sp³-hybridized carbons (Fsp3) is 0.375. The first-order valence-electron chi connectivity index (χ1n) is 11.4. The van der Waals surface area contributed by atoms with Crippen LogP contribution < -0.4 is 16.4 Å². The van der Waals surface area contributed by atoms with Crippen LogP contribution in [0.25, 0.3) is 0 Å². The zero-order valence-corrected chi connectivity index (χ0v) is 19.4. The predicted octanol–water partition coefficient (Wildman–Crippen LogP) is 2.16. The molecule has 4 rings (SSSR count). The molecule has 4 N–H and O–H groups in total. The molecule has 2 aromatic heterocycles. The van der Waals surface area contributed by atoms with Crippen molar-refractivity contribution in [1.29, 1.82) is 0 Å². The summed E-state index contributed by atoms with van der Waals surface area (Å²) < 4.78 is 1.69. The average Bonchev–Trinajstić information content (AvgIpc) is 3.26. The molecule has 0 bridgehead atoms. The quantitative estimate of drug-likeness (QED) is 0.490. The number of amides is 2. The van der Waals surface area contributed by atoms with Gasteiger partial charge < -0.3 is 21.3 Å². The highest BCUT2D eigenvalue weighted by Crippen LogP contribution is 2.15. The van der Waals surface area contributed by atoms with Crippen LogP contribution in [0.3, 0.4) is 0 Å². The Labute approximate surface area is 198 Å². The van der Waals surface area contributed by atoms with Gasteiger partial charge in [0.1, 0.15) is 0 Å². The Morgan fingerprint density at radius 2 is 1.91 bits per heavy atom. The molecule has 0 spiro atoms. The number of likely N-dealkylation sites (tertiary alicyclic amines) is 1. The number of anilines is 2. The molecule has 10 heteroatoms. The number of nitrogens with one attached hydrogen (secondary N) is 2. The van der Waals surface area contributed by atoms with Crippen LogP contribution in [-0.4, -0.2) is 61.6 Å². The monoisotopic (exact) mass is 462 g/mol. The SMILES string of the molecule is CC(C)N1CCC(NC(=O)c2cccc(Cn3cc(NC(=O)c4nccnc4N)cn3)c2)CC1. The lowest BCUT2D eigenvalue weighted by atomic mass is 10.0. The Bertz CT molecular complexity index is 1150. The van der Waals surface area contributed by atoms with Crippen LogP contribution >= 0.6 is 0 Å². The first-order chi connectivity index (χ1) is 16.4. The largest absolute Gasteiger partial charge is 0.382 e. The highest BCUT2D eigenvalue weighted by Gasteiger charge is 2.22. The number of carbonyl (C=O) groups is 2. The van der Waals surface area contributed by atoms with Gasteiger partial charge in [-0.15, -0.1) is 0 Å². The van der Waals surface area contributed by atoms with Crippen LogP contribution in [0.5, 0.6) is 0 Å². The van der Waals surface area contributed by atoms with E-state index < -0.39 is 5.91 Å². The van der Waals surface area contributed by atoms with Crippen molar-refractivity contribution in [2.75, 3.05) is 24.1 Å². The minimum atomic E-state index is -0.456. The summed E-state index contributed by atoms with van der Waals surface area (Å²) in [5.41, 5.74) is 7.84. The molecule has 1 fully saturated rings. The molecule has 178 valence electrons. The molecule has 0 saturated carbocycles. The summed E-state index contributed by atoms with van der Waals surface area (Å²) in [6.07, 6.45) is 8.02. The number of benzene rings is 1. The van der Waals surface area contributed by atoms with Crippen molar-refractivity contribution < 1.29 is 9.59 Å². The predicted molar refractivity (Wildman–Crippen MR) is 129 cm³/mol. The van der Waals surface area contributed by atoms with Gasteiger partial charge in [0, 0.05) is 49.3 Å². The van der Waals surface area contributed by atoms with E-state index in [0.29, 0.717) is 23.8 Å². The van der Waals surface area contributed by atoms with Gasteiger partial charge in [-0.05, 0) is 44.4 Å². The number of nitrogen functional groups attached to an aromatic ring is 1. The summed E-state index contributed by atoms with van der Waals surface area (Å²) in [5, 5.41) is 10.2. The number of hydrogen-bond donors (Lipinski definition) is 3. The van der Waals surface area contributed by atoms with Gasteiger partial charge in [-0.25, -0.2) is 9.97 Å². The minimum absolute atomic E-state index is 0.0557. The lowest BCUT2D eigenvalue weighted by Crippen LogP contribution is -2.46. The zero-order valence-electron chi connectivity index (χ0n) is 19.4. The van der Waals surface area contributed by atoms with Crippen molar-refractivity contribution in [2.45, 2.75) is 45.3 Å². The Morgan fingerprint density at radius 3 is 2.65 bits per heavy atom. The maximum atomic E-state index is 12.8. The highest BCUT2D eigenvalue weighted by molar-refractivity contribution is 6.05. The third-order valence-electron chi connectivity index (χ3n) is 5.96. The Kier molecular flexibility index (Phi) is 7.17. The van der Waals surface area contributed by atoms with E-state index in [4.69, 9.17) is 5.73 Å². The second-order valence-corrected chi connectivity index (χ2v) is 8.75. The summed E-state index contributed by atoms with van der Waals surface area (Å²) in [4.78, 5) is 35.4. The zero-order chi connectivity index (χ0) is 24.1. The molecule has 0 radical (unpaired) electrons. The van der Waals surface area contributed by atoms with Crippen LogP contribution in [-0.2, 0) is 6.54 Å². The van der Waals surface area contributed by atoms with E-state index >= 15 is 0 Å². The number of piperidine rings is 1. The smallest absolute Gasteiger partial charge is 0.278 e. The number of carbonyl (C=O) groups excluding carboxylic acids is 2. The van der Waals surface area contributed by atoms with Crippen LogP contribution in [0, 0.1) is 0 Å². The minimum Gasteiger partial charge on any atom is -0.382 e. The Hall–Kier alpha value is -3.79. The van der Waals surface area contributed by atoms with Crippen LogP contribution in [0.2, 0.25) is 0 Å². The number of rotatable bonds is 7. The van der Waals surface area contributed by atoms with Gasteiger partial charge >= 0.3 is 0 Å². The first kappa shape index (κ1) is 23.4. The molecule has 0 aliphatic carbocycles. The van der Waals surface area contributed by atoms with Gasteiger partial charge in [0.05, 0.1) is 18.4 Å². The molecular formula is C24H30N8O2. The lowest BCUT2D eigenvalue weighted by Gasteiger charge is -2.34. The van der Waals surface area contributed by atoms with E-state index in [2.05, 4.69) is 44.4 Å². The molecule has 0 unspecified atom stereocenters. The van der Waals surface area contributed by atoms with E-state index in [1.807, 2.05) is 24.3 Å². The van der Waals surface area contributed by atoms with E-state index in [0.717, 1.165) is 31.5 Å². The molecule has 1 saturated heterocycles. The maximum Gasteiger partial charge on any atom is 0.278 e. The maximum absolute atomic E-state index is 12.8. The van der Waals surface area contributed by atoms with Crippen molar-refractivity contribution in [3.8, 4) is 0 Å². The summed E-state index contributed by atoms with van der Waals surface area (Å²) >= 11 is 0. The highest BCUT2D eigenvalue weighted by atomic mass is 16.2. The fourth-order valence-corrected chi connectivity index (χ4v) is 4.06. The molecule has 0 atom stereocenters. The van der Waals surface area contributed by atoms with Crippen molar-refractivity contribution in [3.05, 3.63) is 65.9 Å². The normalized spacial score (nSPS) is 14.8. The number of nitrogens with two attached hydrogens (primary N) is 1. The molecule has 10 nitrogen and oxygen atoms in total. The van der Waals surface area contributed by atoms with Gasteiger partial charge in [0.15, 0.2) is 11.5 Å². The molecule has 1 aromatic carbocycles. The van der Waals surface area contributed by atoms with E-state index in [-0.39, 0.29) is 23.5 Å². The second-order valence-electron chi connectivity index (χ2n) is 8.75. The summed E-state index contributed by atoms with van der Waals surface area (Å²) in [7, 11) is 0. The topological polar surface area (TPSA) is 131 Å². The standard InChI is InChI=1S/C24H30N8O2/c1-16(2)31-10-6-19(7-11-31)29-23(33)18-5-3-4-17(12-18)14-32-15-20(13-28-32)30-24(34)21-22(25)27-9-8-26-21/h3-5,8-9,12-13,15-16,19H,6-7,10-11,14H2,1-2H3,(H2,25,27)(H,29,33)(H,30,34). The fourth-order valence-electron chi connectivity index (χ4n) is 4.06. The third-order valence-corrected chi connectivity index (χ3v) is 5.96. The molecular weight excluding hydrogens is 432 g/mol. The molecule has 3 heterocycles.